The van der Waals surface area contributed by atoms with E-state index in [2.05, 4.69) is 152 Å². The molecule has 0 N–H and O–H groups in total. The van der Waals surface area contributed by atoms with Gasteiger partial charge in [0.05, 0.1) is 0 Å². The van der Waals surface area contributed by atoms with E-state index < -0.39 is 0 Å². The fourth-order valence-electron chi connectivity index (χ4n) is 7.88. The summed E-state index contributed by atoms with van der Waals surface area (Å²) in [5.74, 6) is 1.82. The van der Waals surface area contributed by atoms with Crippen LogP contribution in [0, 0.1) is 0 Å². The molecule has 3 aromatic heterocycles. The zero-order valence-corrected chi connectivity index (χ0v) is 30.9. The second-order valence-electron chi connectivity index (χ2n) is 13.9. The number of rotatable bonds is 6. The predicted molar refractivity (Wildman–Crippen MR) is 233 cm³/mol. The summed E-state index contributed by atoms with van der Waals surface area (Å²) in [4.78, 5) is 15.1. The third-order valence-corrected chi connectivity index (χ3v) is 11.8. The Morgan fingerprint density at radius 1 is 0.339 bits per heavy atom. The van der Waals surface area contributed by atoms with Crippen LogP contribution in [-0.4, -0.2) is 15.0 Å². The average molecular weight is 734 g/mol. The molecule has 0 spiro atoms. The number of thiophene rings is 1. The molecule has 11 rings (SSSR count). The Hall–Kier alpha value is -7.21. The maximum Gasteiger partial charge on any atom is 0.164 e. The number of hydrogen-bond acceptors (Lipinski definition) is 5. The summed E-state index contributed by atoms with van der Waals surface area (Å²) in [5.41, 5.74) is 11.2. The standard InChI is InChI=1S/C51H31N3OS/c1-3-14-32(15-4-1)34-18-11-19-35(30-34)50-52-49(33-16-5-2-6-17-33)53-51(54-50)36-28-29-39-42-24-12-23-41(47(42)55-45(39)31-36)37-20-7-8-21-38(37)43-25-13-26-44-40-22-9-10-27-46(40)56-48(43)44/h1-31H. The van der Waals surface area contributed by atoms with Crippen LogP contribution in [0.4, 0.5) is 0 Å². The van der Waals surface area contributed by atoms with Crippen molar-refractivity contribution in [3.05, 3.63) is 188 Å². The lowest BCUT2D eigenvalue weighted by atomic mass is 9.92. The third-order valence-electron chi connectivity index (χ3n) is 10.6. The van der Waals surface area contributed by atoms with Gasteiger partial charge in [-0.1, -0.05) is 164 Å². The SMILES string of the molecule is c1ccc(-c2cccc(-c3nc(-c4ccccc4)nc(-c4ccc5c(c4)oc4c(-c6ccccc6-c6cccc7c6sc6ccccc67)cccc45)n3)c2)cc1. The van der Waals surface area contributed by atoms with E-state index in [-0.39, 0.29) is 0 Å². The van der Waals surface area contributed by atoms with Gasteiger partial charge in [-0.25, -0.2) is 15.0 Å². The van der Waals surface area contributed by atoms with Crippen LogP contribution in [0.15, 0.2) is 192 Å². The van der Waals surface area contributed by atoms with Gasteiger partial charge in [0.15, 0.2) is 17.5 Å². The van der Waals surface area contributed by atoms with Crippen LogP contribution in [0.3, 0.4) is 0 Å². The highest BCUT2D eigenvalue weighted by Gasteiger charge is 2.19. The summed E-state index contributed by atoms with van der Waals surface area (Å²) >= 11 is 1.85. The first-order valence-electron chi connectivity index (χ1n) is 18.7. The van der Waals surface area contributed by atoms with Crippen molar-refractivity contribution < 1.29 is 4.42 Å². The summed E-state index contributed by atoms with van der Waals surface area (Å²) in [6.45, 7) is 0. The Morgan fingerprint density at radius 3 is 1.66 bits per heavy atom. The summed E-state index contributed by atoms with van der Waals surface area (Å²) in [7, 11) is 0. The summed E-state index contributed by atoms with van der Waals surface area (Å²) < 4.78 is 9.44. The topological polar surface area (TPSA) is 51.8 Å². The first-order chi connectivity index (χ1) is 27.7. The fourth-order valence-corrected chi connectivity index (χ4v) is 9.11. The van der Waals surface area contributed by atoms with Crippen LogP contribution in [0.5, 0.6) is 0 Å². The molecular formula is C51H31N3OS. The van der Waals surface area contributed by atoms with Gasteiger partial charge < -0.3 is 4.42 Å². The minimum atomic E-state index is 0.586. The van der Waals surface area contributed by atoms with E-state index in [0.717, 1.165) is 60.9 Å². The second-order valence-corrected chi connectivity index (χ2v) is 15.0. The molecule has 3 heterocycles. The van der Waals surface area contributed by atoms with Crippen LogP contribution < -0.4 is 0 Å². The highest BCUT2D eigenvalue weighted by atomic mass is 32.1. The zero-order valence-electron chi connectivity index (χ0n) is 30.1. The van der Waals surface area contributed by atoms with Gasteiger partial charge in [-0.3, -0.25) is 0 Å². The number of aromatic nitrogens is 3. The molecule has 0 saturated carbocycles. The minimum Gasteiger partial charge on any atom is -0.455 e. The molecule has 0 amide bonds. The lowest BCUT2D eigenvalue weighted by Crippen LogP contribution is -2.00. The molecule has 11 aromatic rings. The molecule has 0 fully saturated rings. The highest BCUT2D eigenvalue weighted by Crippen LogP contribution is 2.45. The molecule has 0 radical (unpaired) electrons. The first kappa shape index (κ1) is 32.2. The van der Waals surface area contributed by atoms with Crippen molar-refractivity contribution in [2.75, 3.05) is 0 Å². The minimum absolute atomic E-state index is 0.586. The second kappa shape index (κ2) is 13.3. The zero-order chi connectivity index (χ0) is 37.0. The molecule has 262 valence electrons. The normalized spacial score (nSPS) is 11.6. The monoisotopic (exact) mass is 733 g/mol. The number of hydrogen-bond donors (Lipinski definition) is 0. The van der Waals surface area contributed by atoms with Crippen molar-refractivity contribution >= 4 is 53.4 Å². The Morgan fingerprint density at radius 2 is 0.875 bits per heavy atom. The van der Waals surface area contributed by atoms with Crippen LogP contribution in [-0.2, 0) is 0 Å². The van der Waals surface area contributed by atoms with Crippen LogP contribution in [0.2, 0.25) is 0 Å². The van der Waals surface area contributed by atoms with E-state index >= 15 is 0 Å². The van der Waals surface area contributed by atoms with E-state index in [4.69, 9.17) is 19.4 Å². The van der Waals surface area contributed by atoms with Crippen molar-refractivity contribution in [3.8, 4) is 67.5 Å². The van der Waals surface area contributed by atoms with Gasteiger partial charge in [0.25, 0.3) is 0 Å². The van der Waals surface area contributed by atoms with Gasteiger partial charge in [-0.05, 0) is 46.5 Å². The summed E-state index contributed by atoms with van der Waals surface area (Å²) in [6.07, 6.45) is 0. The van der Waals surface area contributed by atoms with Gasteiger partial charge in [0, 0.05) is 58.8 Å². The quantitative estimate of drug-likeness (QED) is 0.171. The third kappa shape index (κ3) is 5.48. The Labute approximate surface area is 327 Å². The number of benzene rings is 8. The van der Waals surface area contributed by atoms with E-state index in [0.29, 0.717) is 17.5 Å². The van der Waals surface area contributed by atoms with E-state index in [9.17, 15) is 0 Å². The highest BCUT2D eigenvalue weighted by molar-refractivity contribution is 7.26. The molecule has 0 atom stereocenters. The van der Waals surface area contributed by atoms with Crippen molar-refractivity contribution in [3.63, 3.8) is 0 Å². The number of nitrogens with zero attached hydrogens (tertiary/aromatic N) is 3. The van der Waals surface area contributed by atoms with Gasteiger partial charge in [-0.2, -0.15) is 0 Å². The predicted octanol–water partition coefficient (Wildman–Crippen LogP) is 14.1. The maximum atomic E-state index is 6.85. The molecule has 0 aliphatic heterocycles. The Kier molecular flexibility index (Phi) is 7.64. The van der Waals surface area contributed by atoms with Crippen molar-refractivity contribution in [1.29, 1.82) is 0 Å². The summed E-state index contributed by atoms with van der Waals surface area (Å²) in [5, 5.41) is 4.69. The van der Waals surface area contributed by atoms with Crippen molar-refractivity contribution in [1.82, 2.24) is 15.0 Å². The molecule has 0 aliphatic rings. The van der Waals surface area contributed by atoms with Gasteiger partial charge in [-0.15, -0.1) is 11.3 Å². The first-order valence-corrected chi connectivity index (χ1v) is 19.5. The molecule has 0 aliphatic carbocycles. The molecule has 0 bridgehead atoms. The average Bonchev–Trinajstić information content (AvgIpc) is 3.85. The Balaban J connectivity index is 1.05. The van der Waals surface area contributed by atoms with Gasteiger partial charge in [0.2, 0.25) is 0 Å². The van der Waals surface area contributed by atoms with Crippen molar-refractivity contribution in [2.24, 2.45) is 0 Å². The van der Waals surface area contributed by atoms with Crippen molar-refractivity contribution in [2.45, 2.75) is 0 Å². The number of para-hydroxylation sites is 1. The van der Waals surface area contributed by atoms with Gasteiger partial charge >= 0.3 is 0 Å². The van der Waals surface area contributed by atoms with Crippen LogP contribution in [0.1, 0.15) is 0 Å². The van der Waals surface area contributed by atoms with E-state index in [1.165, 1.54) is 31.3 Å². The molecule has 4 nitrogen and oxygen atoms in total. The molecule has 0 saturated heterocycles. The lowest BCUT2D eigenvalue weighted by molar-refractivity contribution is 0.670. The number of furan rings is 1. The van der Waals surface area contributed by atoms with E-state index in [1.54, 1.807) is 0 Å². The fraction of sp³-hybridized carbons (Fsp3) is 0. The molecule has 8 aromatic carbocycles. The molecule has 0 unspecified atom stereocenters. The largest absolute Gasteiger partial charge is 0.455 e. The molecule has 5 heteroatoms. The maximum absolute atomic E-state index is 6.85. The van der Waals surface area contributed by atoms with Gasteiger partial charge in [0.1, 0.15) is 11.2 Å². The van der Waals surface area contributed by atoms with Crippen LogP contribution in [0.25, 0.3) is 110 Å². The van der Waals surface area contributed by atoms with E-state index in [1.807, 2.05) is 47.7 Å². The Bertz CT molecular complexity index is 3260. The molecular weight excluding hydrogens is 703 g/mol. The smallest absolute Gasteiger partial charge is 0.164 e. The number of fused-ring (bicyclic) bond motifs is 6. The van der Waals surface area contributed by atoms with Crippen LogP contribution >= 0.6 is 11.3 Å². The lowest BCUT2D eigenvalue weighted by Gasteiger charge is -2.11. The summed E-state index contributed by atoms with van der Waals surface area (Å²) in [6, 6.07) is 65.6. The molecule has 56 heavy (non-hydrogen) atoms.